The van der Waals surface area contributed by atoms with Gasteiger partial charge in [0.05, 0.1) is 11.7 Å². The number of hydrogen-bond donors (Lipinski definition) is 1. The third-order valence-corrected chi connectivity index (χ3v) is 5.58. The molecular weight excluding hydrogens is 266 g/mol. The minimum Gasteiger partial charge on any atom is -0.345 e. The molecule has 1 N–H and O–H groups in total. The molecule has 2 rings (SSSR count). The summed E-state index contributed by atoms with van der Waals surface area (Å²) < 4.78 is 0. The number of hydrogen-bond acceptors (Lipinski definition) is 4. The van der Waals surface area contributed by atoms with E-state index in [1.54, 1.807) is 0 Å². The molecule has 0 radical (unpaired) electrons. The average Bonchev–Trinajstić information content (AvgIpc) is 2.90. The minimum absolute atomic E-state index is 0.466. The molecule has 0 aliphatic heterocycles. The Morgan fingerprint density at radius 2 is 2.25 bits per heavy atom. The lowest BCUT2D eigenvalue weighted by molar-refractivity contribution is 0.489. The molecule has 0 spiro atoms. The van der Waals surface area contributed by atoms with Crippen molar-refractivity contribution in [1.29, 1.82) is 0 Å². The van der Waals surface area contributed by atoms with Crippen LogP contribution >= 0.6 is 11.3 Å². The summed E-state index contributed by atoms with van der Waals surface area (Å²) in [6.07, 6.45) is 7.42. The van der Waals surface area contributed by atoms with Crippen LogP contribution in [-0.4, -0.2) is 24.6 Å². The molecule has 1 aliphatic rings. The molecule has 0 saturated carbocycles. The first kappa shape index (κ1) is 15.8. The first-order valence-electron chi connectivity index (χ1n) is 8.14. The highest BCUT2D eigenvalue weighted by atomic mass is 32.1. The fourth-order valence-corrected chi connectivity index (χ4v) is 4.15. The molecule has 114 valence electrons. The zero-order valence-corrected chi connectivity index (χ0v) is 14.2. The van der Waals surface area contributed by atoms with E-state index >= 15 is 0 Å². The van der Waals surface area contributed by atoms with E-state index in [4.69, 9.17) is 4.98 Å². The highest BCUT2D eigenvalue weighted by molar-refractivity contribution is 7.15. The summed E-state index contributed by atoms with van der Waals surface area (Å²) in [5.41, 5.74) is 1.32. The Labute approximate surface area is 127 Å². The molecule has 0 aromatic carbocycles. The second-order valence-electron chi connectivity index (χ2n) is 5.84. The van der Waals surface area contributed by atoms with Crippen LogP contribution in [0.15, 0.2) is 0 Å². The van der Waals surface area contributed by atoms with Gasteiger partial charge < -0.3 is 10.2 Å². The number of fused-ring (bicyclic) bond motifs is 1. The third kappa shape index (κ3) is 3.34. The zero-order chi connectivity index (χ0) is 14.5. The molecule has 0 saturated heterocycles. The van der Waals surface area contributed by atoms with Gasteiger partial charge in [0.1, 0.15) is 0 Å². The molecule has 2 atom stereocenters. The maximum absolute atomic E-state index is 5.01. The van der Waals surface area contributed by atoms with Crippen LogP contribution in [0.1, 0.15) is 69.5 Å². The highest BCUT2D eigenvalue weighted by Crippen LogP contribution is 2.37. The third-order valence-electron chi connectivity index (χ3n) is 4.41. The number of aromatic nitrogens is 1. The van der Waals surface area contributed by atoms with E-state index in [-0.39, 0.29) is 0 Å². The van der Waals surface area contributed by atoms with Crippen molar-refractivity contribution in [2.75, 3.05) is 18.5 Å². The van der Waals surface area contributed by atoms with Crippen LogP contribution in [0.2, 0.25) is 0 Å². The fraction of sp³-hybridized carbons (Fsp3) is 0.812. The van der Waals surface area contributed by atoms with Gasteiger partial charge in [-0.15, -0.1) is 11.3 Å². The first-order chi connectivity index (χ1) is 9.71. The van der Waals surface area contributed by atoms with Gasteiger partial charge in [-0.25, -0.2) is 4.98 Å². The summed E-state index contributed by atoms with van der Waals surface area (Å²) in [5, 5.41) is 4.67. The highest BCUT2D eigenvalue weighted by Gasteiger charge is 2.26. The summed E-state index contributed by atoms with van der Waals surface area (Å²) in [6.45, 7) is 8.00. The van der Waals surface area contributed by atoms with Crippen LogP contribution in [0.25, 0.3) is 0 Å². The Morgan fingerprint density at radius 3 is 2.90 bits per heavy atom. The molecule has 0 amide bonds. The fourth-order valence-electron chi connectivity index (χ4n) is 2.86. The van der Waals surface area contributed by atoms with Crippen LogP contribution < -0.4 is 10.2 Å². The number of nitrogens with one attached hydrogen (secondary N) is 1. The maximum Gasteiger partial charge on any atom is 0.186 e. The van der Waals surface area contributed by atoms with Crippen molar-refractivity contribution >= 4 is 16.5 Å². The molecular formula is C16H29N3S. The molecule has 20 heavy (non-hydrogen) atoms. The van der Waals surface area contributed by atoms with Crippen LogP contribution in [0, 0.1) is 0 Å². The molecule has 1 aromatic heterocycles. The zero-order valence-electron chi connectivity index (χ0n) is 13.4. The smallest absolute Gasteiger partial charge is 0.186 e. The maximum atomic E-state index is 5.01. The van der Waals surface area contributed by atoms with Gasteiger partial charge in [-0.05, 0) is 46.1 Å². The van der Waals surface area contributed by atoms with Gasteiger partial charge in [0.25, 0.3) is 0 Å². The normalized spacial score (nSPS) is 19.7. The monoisotopic (exact) mass is 295 g/mol. The van der Waals surface area contributed by atoms with Crippen molar-refractivity contribution in [1.82, 2.24) is 10.3 Å². The Kier molecular flexibility index (Phi) is 5.85. The van der Waals surface area contributed by atoms with E-state index in [0.29, 0.717) is 12.1 Å². The van der Waals surface area contributed by atoms with Crippen LogP contribution in [0.4, 0.5) is 5.13 Å². The van der Waals surface area contributed by atoms with E-state index in [9.17, 15) is 0 Å². The van der Waals surface area contributed by atoms with Crippen molar-refractivity contribution in [2.45, 2.75) is 71.4 Å². The minimum atomic E-state index is 0.466. The molecule has 1 heterocycles. The summed E-state index contributed by atoms with van der Waals surface area (Å²) in [4.78, 5) is 9.04. The van der Waals surface area contributed by atoms with Crippen LogP contribution in [-0.2, 0) is 6.42 Å². The van der Waals surface area contributed by atoms with Crippen molar-refractivity contribution in [3.8, 4) is 0 Å². The Balaban J connectivity index is 2.23. The van der Waals surface area contributed by atoms with Crippen molar-refractivity contribution in [3.63, 3.8) is 0 Å². The number of unbranched alkanes of at least 4 members (excludes halogenated alkanes) is 1. The summed E-state index contributed by atoms with van der Waals surface area (Å²) >= 11 is 1.93. The van der Waals surface area contributed by atoms with Gasteiger partial charge in [0.15, 0.2) is 5.13 Å². The second kappa shape index (κ2) is 7.41. The quantitative estimate of drug-likeness (QED) is 0.819. The van der Waals surface area contributed by atoms with Crippen LogP contribution in [0.3, 0.4) is 0 Å². The topological polar surface area (TPSA) is 28.2 Å². The molecule has 0 bridgehead atoms. The molecule has 2 unspecified atom stereocenters. The lowest BCUT2D eigenvalue weighted by Crippen LogP contribution is -2.33. The summed E-state index contributed by atoms with van der Waals surface area (Å²) in [5.74, 6) is 0. The lowest BCUT2D eigenvalue weighted by atomic mass is 9.98. The molecule has 4 heteroatoms. The van der Waals surface area contributed by atoms with E-state index in [0.717, 1.165) is 6.54 Å². The molecule has 0 fully saturated rings. The van der Waals surface area contributed by atoms with Crippen LogP contribution in [0.5, 0.6) is 0 Å². The van der Waals surface area contributed by atoms with E-state index < -0.39 is 0 Å². The van der Waals surface area contributed by atoms with E-state index in [1.165, 1.54) is 54.2 Å². The Bertz CT molecular complexity index is 416. The van der Waals surface area contributed by atoms with Gasteiger partial charge in [0.2, 0.25) is 0 Å². The largest absolute Gasteiger partial charge is 0.345 e. The van der Waals surface area contributed by atoms with E-state index in [1.807, 2.05) is 11.3 Å². The van der Waals surface area contributed by atoms with E-state index in [2.05, 4.69) is 38.0 Å². The number of thiazole rings is 1. The molecule has 1 aliphatic carbocycles. The Hall–Kier alpha value is -0.610. The molecule has 1 aromatic rings. The number of rotatable bonds is 7. The SMILES string of the molecule is CCCCN(c1nc2c(s1)CCCC2NC)C(C)CC. The number of aryl methyl sites for hydroxylation is 1. The predicted molar refractivity (Wildman–Crippen MR) is 88.9 cm³/mol. The van der Waals surface area contributed by atoms with Crippen molar-refractivity contribution in [3.05, 3.63) is 10.6 Å². The first-order valence-corrected chi connectivity index (χ1v) is 8.96. The second-order valence-corrected chi connectivity index (χ2v) is 6.90. The summed E-state index contributed by atoms with van der Waals surface area (Å²) in [7, 11) is 2.06. The van der Waals surface area contributed by atoms with Gasteiger partial charge in [-0.1, -0.05) is 20.3 Å². The Morgan fingerprint density at radius 1 is 1.45 bits per heavy atom. The van der Waals surface area contributed by atoms with Crippen molar-refractivity contribution in [2.24, 2.45) is 0 Å². The van der Waals surface area contributed by atoms with Gasteiger partial charge in [-0.2, -0.15) is 0 Å². The lowest BCUT2D eigenvalue weighted by Gasteiger charge is -2.28. The summed E-state index contributed by atoms with van der Waals surface area (Å²) in [6, 6.07) is 1.05. The standard InChI is InChI=1S/C16H29N3S/c1-5-7-11-19(12(3)6-2)16-18-15-13(17-4)9-8-10-14(15)20-16/h12-13,17H,5-11H2,1-4H3. The molecule has 3 nitrogen and oxygen atoms in total. The van der Waals surface area contributed by atoms with Gasteiger partial charge in [0, 0.05) is 17.5 Å². The predicted octanol–water partition coefficient (Wildman–Crippen LogP) is 4.14. The van der Waals surface area contributed by atoms with Gasteiger partial charge in [-0.3, -0.25) is 0 Å². The number of anilines is 1. The average molecular weight is 295 g/mol. The number of nitrogens with zero attached hydrogens (tertiary/aromatic N) is 2. The van der Waals surface area contributed by atoms with Gasteiger partial charge >= 0.3 is 0 Å². The van der Waals surface area contributed by atoms with Crippen molar-refractivity contribution < 1.29 is 0 Å².